The van der Waals surface area contributed by atoms with Crippen molar-refractivity contribution in [2.24, 2.45) is 4.99 Å². The van der Waals surface area contributed by atoms with Crippen LogP contribution in [0.15, 0.2) is 53.5 Å². The molecule has 0 amide bonds. The summed E-state index contributed by atoms with van der Waals surface area (Å²) < 4.78 is 19.9. The number of nitrogens with zero attached hydrogens (tertiary/aromatic N) is 3. The molecule has 4 rings (SSSR count). The summed E-state index contributed by atoms with van der Waals surface area (Å²) in [6.45, 7) is 4.10. The van der Waals surface area contributed by atoms with Gasteiger partial charge in [-0.1, -0.05) is 12.1 Å². The third kappa shape index (κ3) is 5.32. The van der Waals surface area contributed by atoms with Gasteiger partial charge in [-0.05, 0) is 49.2 Å². The minimum absolute atomic E-state index is 0.130. The number of aliphatic imine (C=N–C) groups is 1. The number of carbonyl (C=O) groups is 1. The van der Waals surface area contributed by atoms with Gasteiger partial charge in [-0.2, -0.15) is 0 Å². The number of ether oxygens (including phenoxy) is 1. The van der Waals surface area contributed by atoms with Gasteiger partial charge in [0.2, 0.25) is 0 Å². The maximum absolute atomic E-state index is 14.2. The molecule has 0 spiro atoms. The number of piperazine rings is 1. The highest BCUT2D eigenvalue weighted by molar-refractivity contribution is 5.95. The van der Waals surface area contributed by atoms with Gasteiger partial charge in [0.1, 0.15) is 5.82 Å². The lowest BCUT2D eigenvalue weighted by molar-refractivity contribution is 0.0697. The van der Waals surface area contributed by atoms with Gasteiger partial charge in [-0.3, -0.25) is 4.99 Å². The van der Waals surface area contributed by atoms with Crippen LogP contribution >= 0.6 is 0 Å². The van der Waals surface area contributed by atoms with Crippen molar-refractivity contribution in [3.8, 4) is 0 Å². The van der Waals surface area contributed by atoms with Crippen molar-refractivity contribution < 1.29 is 19.0 Å². The molecule has 2 saturated heterocycles. The Morgan fingerprint density at radius 2 is 1.87 bits per heavy atom. The number of aromatic carboxylic acids is 1. The quantitative estimate of drug-likeness (QED) is 0.564. The highest BCUT2D eigenvalue weighted by Crippen LogP contribution is 2.21. The van der Waals surface area contributed by atoms with E-state index in [0.29, 0.717) is 38.4 Å². The Labute approximate surface area is 181 Å². The molecule has 2 aromatic rings. The lowest BCUT2D eigenvalue weighted by Crippen LogP contribution is -2.51. The van der Waals surface area contributed by atoms with Crippen molar-refractivity contribution in [2.45, 2.75) is 18.9 Å². The van der Waals surface area contributed by atoms with Crippen LogP contribution in [0.3, 0.4) is 0 Å². The number of carboxylic acid groups (broad SMARTS) is 1. The maximum Gasteiger partial charge on any atom is 0.335 e. The minimum atomic E-state index is -0.955. The summed E-state index contributed by atoms with van der Waals surface area (Å²) in [6.07, 6.45) is 2.19. The first-order valence-corrected chi connectivity index (χ1v) is 10.6. The molecule has 2 aliphatic heterocycles. The maximum atomic E-state index is 14.2. The molecule has 2 fully saturated rings. The van der Waals surface area contributed by atoms with Crippen LogP contribution in [0.25, 0.3) is 0 Å². The molecule has 0 saturated carbocycles. The van der Waals surface area contributed by atoms with Crippen molar-refractivity contribution in [3.63, 3.8) is 0 Å². The normalized spacial score (nSPS) is 19.5. The van der Waals surface area contributed by atoms with E-state index in [1.807, 2.05) is 11.0 Å². The van der Waals surface area contributed by atoms with Crippen LogP contribution in [0.2, 0.25) is 0 Å². The number of carboxylic acids is 1. The van der Waals surface area contributed by atoms with Crippen molar-refractivity contribution >= 4 is 23.3 Å². The Morgan fingerprint density at radius 3 is 2.52 bits per heavy atom. The van der Waals surface area contributed by atoms with E-state index >= 15 is 0 Å². The number of hydrogen-bond acceptors (Lipinski definition) is 4. The first-order chi connectivity index (χ1) is 15.1. The summed E-state index contributed by atoms with van der Waals surface area (Å²) in [5.74, 6) is -0.435. The number of benzene rings is 2. The van der Waals surface area contributed by atoms with Gasteiger partial charge in [0.15, 0.2) is 5.96 Å². The van der Waals surface area contributed by atoms with Crippen molar-refractivity contribution in [3.05, 3.63) is 59.9 Å². The second-order valence-corrected chi connectivity index (χ2v) is 7.73. The predicted octanol–water partition coefficient (Wildman–Crippen LogP) is 3.29. The first kappa shape index (κ1) is 21.1. The zero-order valence-electron chi connectivity index (χ0n) is 17.3. The Hall–Kier alpha value is -3.13. The minimum Gasteiger partial charge on any atom is -0.478 e. The third-order valence-electron chi connectivity index (χ3n) is 5.63. The molecule has 2 heterocycles. The van der Waals surface area contributed by atoms with Crippen molar-refractivity contribution in [2.75, 3.05) is 49.5 Å². The van der Waals surface area contributed by atoms with E-state index in [-0.39, 0.29) is 17.5 Å². The predicted molar refractivity (Wildman–Crippen MR) is 118 cm³/mol. The Bertz CT molecular complexity index is 921. The standard InChI is InChI=1S/C23H27FN4O3/c24-20-5-1-2-6-21(20)27-11-13-28(14-12-27)23(25-16-19-4-3-15-31-19)26-18-9-7-17(8-10-18)22(29)30/h1-2,5-10,19H,3-4,11-16H2,(H,25,26)(H,29,30)/t19-/m1/s1. The molecule has 1 atom stereocenters. The molecule has 2 aromatic carbocycles. The van der Waals surface area contributed by atoms with Crippen LogP contribution in [0, 0.1) is 5.82 Å². The summed E-state index contributed by atoms with van der Waals surface area (Å²) in [4.78, 5) is 20.1. The summed E-state index contributed by atoms with van der Waals surface area (Å²) in [5, 5.41) is 12.4. The summed E-state index contributed by atoms with van der Waals surface area (Å²) in [7, 11) is 0. The number of nitrogens with one attached hydrogen (secondary N) is 1. The fourth-order valence-electron chi connectivity index (χ4n) is 3.89. The van der Waals surface area contributed by atoms with Crippen molar-refractivity contribution in [1.29, 1.82) is 0 Å². The number of hydrogen-bond donors (Lipinski definition) is 2. The molecule has 0 aliphatic carbocycles. The lowest BCUT2D eigenvalue weighted by Gasteiger charge is -2.38. The van der Waals surface area contributed by atoms with Gasteiger partial charge >= 0.3 is 5.97 Å². The molecular formula is C23H27FN4O3. The monoisotopic (exact) mass is 426 g/mol. The van der Waals surface area contributed by atoms with Gasteiger partial charge in [-0.25, -0.2) is 9.18 Å². The molecule has 2 aliphatic rings. The molecule has 0 unspecified atom stereocenters. The van der Waals surface area contributed by atoms with Crippen LogP contribution in [-0.4, -0.2) is 67.4 Å². The number of rotatable bonds is 5. The van der Waals surface area contributed by atoms with Crippen LogP contribution in [0.5, 0.6) is 0 Å². The topological polar surface area (TPSA) is 77.4 Å². The average molecular weight is 426 g/mol. The first-order valence-electron chi connectivity index (χ1n) is 10.6. The van der Waals surface area contributed by atoms with Crippen LogP contribution < -0.4 is 10.2 Å². The Balaban J connectivity index is 1.45. The van der Waals surface area contributed by atoms with E-state index in [4.69, 9.17) is 14.8 Å². The molecule has 2 N–H and O–H groups in total. The smallest absolute Gasteiger partial charge is 0.335 e. The average Bonchev–Trinajstić information content (AvgIpc) is 3.31. The van der Waals surface area contributed by atoms with E-state index in [2.05, 4.69) is 10.2 Å². The van der Waals surface area contributed by atoms with Crippen LogP contribution in [-0.2, 0) is 4.74 Å². The molecule has 8 heteroatoms. The fraction of sp³-hybridized carbons (Fsp3) is 0.391. The van der Waals surface area contributed by atoms with E-state index in [1.165, 1.54) is 6.07 Å². The summed E-state index contributed by atoms with van der Waals surface area (Å²) in [6, 6.07) is 13.4. The number of para-hydroxylation sites is 1. The fourth-order valence-corrected chi connectivity index (χ4v) is 3.89. The van der Waals surface area contributed by atoms with Gasteiger partial charge in [0, 0.05) is 38.5 Å². The molecule has 0 radical (unpaired) electrons. The second-order valence-electron chi connectivity index (χ2n) is 7.73. The molecule has 31 heavy (non-hydrogen) atoms. The SMILES string of the molecule is O=C(O)c1ccc(NC(=NC[C@H]2CCCO2)N2CCN(c3ccccc3F)CC2)cc1. The Morgan fingerprint density at radius 1 is 1.13 bits per heavy atom. The molecular weight excluding hydrogens is 399 g/mol. The zero-order chi connectivity index (χ0) is 21.6. The molecule has 164 valence electrons. The van der Waals surface area contributed by atoms with E-state index < -0.39 is 5.97 Å². The summed E-state index contributed by atoms with van der Waals surface area (Å²) in [5.41, 5.74) is 1.63. The molecule has 0 bridgehead atoms. The second kappa shape index (κ2) is 9.78. The number of halogens is 1. The van der Waals surface area contributed by atoms with E-state index in [9.17, 15) is 9.18 Å². The lowest BCUT2D eigenvalue weighted by atomic mass is 10.2. The third-order valence-corrected chi connectivity index (χ3v) is 5.63. The van der Waals surface area contributed by atoms with E-state index in [1.54, 1.807) is 36.4 Å². The highest BCUT2D eigenvalue weighted by atomic mass is 19.1. The van der Waals surface area contributed by atoms with Gasteiger partial charge in [0.25, 0.3) is 0 Å². The molecule has 7 nitrogen and oxygen atoms in total. The highest BCUT2D eigenvalue weighted by Gasteiger charge is 2.23. The summed E-state index contributed by atoms with van der Waals surface area (Å²) >= 11 is 0. The van der Waals surface area contributed by atoms with Gasteiger partial charge in [-0.15, -0.1) is 0 Å². The number of guanidine groups is 1. The van der Waals surface area contributed by atoms with E-state index in [0.717, 1.165) is 31.1 Å². The Kier molecular flexibility index (Phi) is 6.66. The van der Waals surface area contributed by atoms with Gasteiger partial charge < -0.3 is 25.0 Å². The number of anilines is 2. The zero-order valence-corrected chi connectivity index (χ0v) is 17.3. The van der Waals surface area contributed by atoms with Crippen LogP contribution in [0.1, 0.15) is 23.2 Å². The van der Waals surface area contributed by atoms with Crippen LogP contribution in [0.4, 0.5) is 15.8 Å². The largest absolute Gasteiger partial charge is 0.478 e. The van der Waals surface area contributed by atoms with Crippen molar-refractivity contribution in [1.82, 2.24) is 4.90 Å². The van der Waals surface area contributed by atoms with Gasteiger partial charge in [0.05, 0.1) is 23.9 Å². The molecule has 0 aromatic heterocycles.